The molecule has 160 valence electrons. The van der Waals surface area contributed by atoms with Crippen molar-refractivity contribution in [2.75, 3.05) is 5.75 Å². The number of carbonyl (C=O) groups is 1. The lowest BCUT2D eigenvalue weighted by Gasteiger charge is -2.17. The van der Waals surface area contributed by atoms with Crippen LogP contribution in [-0.4, -0.2) is 27.7 Å². The Morgan fingerprint density at radius 3 is 2.40 bits per heavy atom. The van der Waals surface area contributed by atoms with Crippen molar-refractivity contribution in [2.24, 2.45) is 0 Å². The van der Waals surface area contributed by atoms with E-state index < -0.39 is 34.6 Å². The molecule has 0 saturated carbocycles. The molecule has 0 unspecified atom stereocenters. The molecule has 0 aliphatic rings. The van der Waals surface area contributed by atoms with E-state index in [1.807, 2.05) is 6.92 Å². The SMILES string of the molecule is CCCCSCc1cnc2c(cc(C(=O)C(F)(F)F)c3cccnc32)c1C(F)(F)F. The van der Waals surface area contributed by atoms with Crippen LogP contribution in [0.5, 0.6) is 0 Å². The second kappa shape index (κ2) is 8.41. The lowest BCUT2D eigenvalue weighted by Crippen LogP contribution is -2.23. The van der Waals surface area contributed by atoms with Gasteiger partial charge in [0.15, 0.2) is 0 Å². The average Bonchev–Trinajstić information content (AvgIpc) is 2.68. The summed E-state index contributed by atoms with van der Waals surface area (Å²) in [5.74, 6) is -1.58. The molecule has 3 aromatic rings. The number of carbonyl (C=O) groups excluding carboxylic acids is 1. The van der Waals surface area contributed by atoms with E-state index in [4.69, 9.17) is 0 Å². The Morgan fingerprint density at radius 1 is 1.07 bits per heavy atom. The molecule has 2 aromatic heterocycles. The standard InChI is InChI=1S/C20H16F6N2OS/c1-2-3-7-30-10-11-9-28-17-14(15(11)19(21,22)23)8-13(18(29)20(24,25)26)12-5-4-6-27-16(12)17/h4-6,8-9H,2-3,7,10H2,1H3. The summed E-state index contributed by atoms with van der Waals surface area (Å²) in [4.78, 5) is 20.0. The number of ketones is 1. The number of fused-ring (bicyclic) bond motifs is 3. The first-order chi connectivity index (χ1) is 14.1. The van der Waals surface area contributed by atoms with Crippen molar-refractivity contribution in [2.45, 2.75) is 37.9 Å². The number of hydrogen-bond acceptors (Lipinski definition) is 4. The largest absolute Gasteiger partial charge is 0.454 e. The number of hydrogen-bond donors (Lipinski definition) is 0. The molecule has 0 fully saturated rings. The fourth-order valence-corrected chi connectivity index (χ4v) is 4.22. The van der Waals surface area contributed by atoms with Crippen LogP contribution in [-0.2, 0) is 11.9 Å². The maximum Gasteiger partial charge on any atom is 0.454 e. The van der Waals surface area contributed by atoms with Gasteiger partial charge in [0.25, 0.3) is 5.78 Å². The van der Waals surface area contributed by atoms with Gasteiger partial charge in [-0.25, -0.2) is 0 Å². The maximum atomic E-state index is 14.0. The number of alkyl halides is 6. The van der Waals surface area contributed by atoms with Crippen molar-refractivity contribution in [1.82, 2.24) is 9.97 Å². The monoisotopic (exact) mass is 446 g/mol. The van der Waals surface area contributed by atoms with Crippen molar-refractivity contribution < 1.29 is 31.1 Å². The number of nitrogens with zero attached hydrogens (tertiary/aromatic N) is 2. The Labute approximate surface area is 171 Å². The van der Waals surface area contributed by atoms with Gasteiger partial charge in [-0.2, -0.15) is 38.1 Å². The molecule has 0 N–H and O–H groups in total. The third-order valence-electron chi connectivity index (χ3n) is 4.49. The van der Waals surface area contributed by atoms with E-state index >= 15 is 0 Å². The van der Waals surface area contributed by atoms with Gasteiger partial charge in [-0.05, 0) is 29.9 Å². The van der Waals surface area contributed by atoms with Crippen molar-refractivity contribution in [3.63, 3.8) is 0 Å². The molecule has 2 heterocycles. The van der Waals surface area contributed by atoms with Gasteiger partial charge in [-0.15, -0.1) is 0 Å². The normalized spacial score (nSPS) is 12.6. The number of halogens is 6. The first kappa shape index (κ1) is 22.3. The van der Waals surface area contributed by atoms with Crippen LogP contribution in [0.3, 0.4) is 0 Å². The molecule has 0 spiro atoms. The third kappa shape index (κ3) is 4.38. The summed E-state index contributed by atoms with van der Waals surface area (Å²) >= 11 is 1.29. The van der Waals surface area contributed by atoms with E-state index in [2.05, 4.69) is 9.97 Å². The van der Waals surface area contributed by atoms with Gasteiger partial charge in [-0.3, -0.25) is 14.8 Å². The van der Waals surface area contributed by atoms with Gasteiger partial charge in [0.05, 0.1) is 16.6 Å². The minimum Gasteiger partial charge on any atom is -0.284 e. The predicted molar refractivity (Wildman–Crippen MR) is 104 cm³/mol. The van der Waals surface area contributed by atoms with E-state index in [0.717, 1.165) is 19.0 Å². The minimum absolute atomic E-state index is 0.000585. The Kier molecular flexibility index (Phi) is 6.26. The molecular formula is C20H16F6N2OS. The molecule has 0 saturated heterocycles. The lowest BCUT2D eigenvalue weighted by atomic mass is 9.96. The molecule has 3 nitrogen and oxygen atoms in total. The Balaban J connectivity index is 2.32. The molecule has 3 rings (SSSR count). The number of Topliss-reactive ketones (excluding diaryl/α,β-unsaturated/α-hetero) is 1. The van der Waals surface area contributed by atoms with Crippen LogP contribution >= 0.6 is 11.8 Å². The summed E-state index contributed by atoms with van der Waals surface area (Å²) < 4.78 is 81.2. The molecule has 0 bridgehead atoms. The molecule has 1 aromatic carbocycles. The van der Waals surface area contributed by atoms with Gasteiger partial charge in [-0.1, -0.05) is 19.4 Å². The first-order valence-corrected chi connectivity index (χ1v) is 10.2. The number of unbranched alkanes of at least 4 members (excludes halogenated alkanes) is 1. The molecular weight excluding hydrogens is 430 g/mol. The minimum atomic E-state index is -5.24. The van der Waals surface area contributed by atoms with E-state index in [1.165, 1.54) is 30.1 Å². The van der Waals surface area contributed by atoms with E-state index in [1.54, 1.807) is 0 Å². The Hall–Kier alpha value is -2.36. The van der Waals surface area contributed by atoms with Crippen molar-refractivity contribution in [3.8, 4) is 0 Å². The highest BCUT2D eigenvalue weighted by atomic mass is 32.2. The molecule has 10 heteroatoms. The number of benzene rings is 1. The van der Waals surface area contributed by atoms with E-state index in [0.29, 0.717) is 11.8 Å². The topological polar surface area (TPSA) is 42.9 Å². The summed E-state index contributed by atoms with van der Waals surface area (Å²) in [6.07, 6.45) is -6.06. The van der Waals surface area contributed by atoms with E-state index in [-0.39, 0.29) is 27.7 Å². The van der Waals surface area contributed by atoms with Crippen LogP contribution in [0, 0.1) is 0 Å². The summed E-state index contributed by atoms with van der Waals surface area (Å²) in [6.45, 7) is 1.95. The summed E-state index contributed by atoms with van der Waals surface area (Å²) in [6, 6.07) is 3.17. The highest BCUT2D eigenvalue weighted by molar-refractivity contribution is 7.98. The van der Waals surface area contributed by atoms with Crippen LogP contribution in [0.2, 0.25) is 0 Å². The smallest absolute Gasteiger partial charge is 0.284 e. The molecule has 0 aliphatic heterocycles. The van der Waals surface area contributed by atoms with Gasteiger partial charge >= 0.3 is 12.4 Å². The van der Waals surface area contributed by atoms with Gasteiger partial charge < -0.3 is 0 Å². The highest BCUT2D eigenvalue weighted by Crippen LogP contribution is 2.41. The molecule has 0 atom stereocenters. The number of thioether (sulfide) groups is 1. The molecule has 0 amide bonds. The molecule has 0 radical (unpaired) electrons. The van der Waals surface area contributed by atoms with Crippen molar-refractivity contribution in [3.05, 3.63) is 47.3 Å². The van der Waals surface area contributed by atoms with Crippen LogP contribution in [0.4, 0.5) is 26.3 Å². The highest BCUT2D eigenvalue weighted by Gasteiger charge is 2.42. The fourth-order valence-electron chi connectivity index (χ4n) is 3.14. The average molecular weight is 446 g/mol. The van der Waals surface area contributed by atoms with Gasteiger partial charge in [0.1, 0.15) is 0 Å². The summed E-state index contributed by atoms with van der Waals surface area (Å²) in [5.41, 5.74) is -2.48. The van der Waals surface area contributed by atoms with Gasteiger partial charge in [0, 0.05) is 34.5 Å². The summed E-state index contributed by atoms with van der Waals surface area (Å²) in [5, 5.41) is -0.757. The van der Waals surface area contributed by atoms with Crippen LogP contribution in [0.25, 0.3) is 21.8 Å². The zero-order valence-corrected chi connectivity index (χ0v) is 16.5. The molecule has 30 heavy (non-hydrogen) atoms. The van der Waals surface area contributed by atoms with Crippen LogP contribution in [0.1, 0.15) is 41.3 Å². The summed E-state index contributed by atoms with van der Waals surface area (Å²) in [7, 11) is 0. The zero-order valence-electron chi connectivity index (χ0n) is 15.7. The maximum absolute atomic E-state index is 14.0. The Morgan fingerprint density at radius 2 is 1.77 bits per heavy atom. The predicted octanol–water partition coefficient (Wildman–Crippen LogP) is 6.58. The fraction of sp³-hybridized carbons (Fsp3) is 0.350. The first-order valence-electron chi connectivity index (χ1n) is 9.01. The second-order valence-electron chi connectivity index (χ2n) is 6.61. The number of pyridine rings is 2. The van der Waals surface area contributed by atoms with Crippen molar-refractivity contribution in [1.29, 1.82) is 0 Å². The Bertz CT molecular complexity index is 1090. The quantitative estimate of drug-likeness (QED) is 0.186. The molecule has 0 aliphatic carbocycles. The number of rotatable bonds is 6. The van der Waals surface area contributed by atoms with E-state index in [9.17, 15) is 31.1 Å². The van der Waals surface area contributed by atoms with Crippen LogP contribution < -0.4 is 0 Å². The third-order valence-corrected chi connectivity index (χ3v) is 5.58. The second-order valence-corrected chi connectivity index (χ2v) is 7.71. The van der Waals surface area contributed by atoms with Crippen LogP contribution in [0.15, 0.2) is 30.6 Å². The zero-order chi connectivity index (χ0) is 22.1. The number of aromatic nitrogens is 2. The van der Waals surface area contributed by atoms with Crippen molar-refractivity contribution >= 4 is 39.4 Å². The van der Waals surface area contributed by atoms with Gasteiger partial charge in [0.2, 0.25) is 0 Å². The lowest BCUT2D eigenvalue weighted by molar-refractivity contribution is -0.136.